The van der Waals surface area contributed by atoms with Gasteiger partial charge in [-0.15, -0.1) is 0 Å². The lowest BCUT2D eigenvalue weighted by Crippen LogP contribution is -2.33. The Morgan fingerprint density at radius 2 is 2.00 bits per heavy atom. The quantitative estimate of drug-likeness (QED) is 0.377. The summed E-state index contributed by atoms with van der Waals surface area (Å²) < 4.78 is 0. The van der Waals surface area contributed by atoms with Crippen molar-refractivity contribution < 1.29 is 14.5 Å². The number of benzene rings is 2. The first-order valence-corrected chi connectivity index (χ1v) is 11.8. The number of rotatable bonds is 7. The van der Waals surface area contributed by atoms with Crippen molar-refractivity contribution >= 4 is 45.8 Å². The van der Waals surface area contributed by atoms with Gasteiger partial charge in [0, 0.05) is 30.4 Å². The third-order valence-electron chi connectivity index (χ3n) is 5.36. The number of aryl methyl sites for hydroxylation is 2. The maximum absolute atomic E-state index is 13.3. The number of nitro groups is 1. The second-order valence-corrected chi connectivity index (χ2v) is 9.27. The van der Waals surface area contributed by atoms with Crippen molar-refractivity contribution in [3.8, 4) is 0 Å². The largest absolute Gasteiger partial charge is 0.326 e. The summed E-state index contributed by atoms with van der Waals surface area (Å²) in [6.07, 6.45) is 1.56. The van der Waals surface area contributed by atoms with Gasteiger partial charge in [-0.05, 0) is 49.2 Å². The van der Waals surface area contributed by atoms with Crippen LogP contribution in [0.15, 0.2) is 71.9 Å². The number of hydrogen-bond donors (Lipinski definition) is 1. The summed E-state index contributed by atoms with van der Waals surface area (Å²) in [7, 11) is 0. The molecule has 10 heteroatoms. The number of thioether (sulfide) groups is 1. The Labute approximate surface area is 206 Å². The summed E-state index contributed by atoms with van der Waals surface area (Å²) in [5, 5.41) is 13.5. The number of amides is 2. The predicted octanol–water partition coefficient (Wildman–Crippen LogP) is 4.77. The highest BCUT2D eigenvalue weighted by Gasteiger charge is 2.39. The van der Waals surface area contributed by atoms with Crippen molar-refractivity contribution in [2.24, 2.45) is 4.99 Å². The molecule has 2 amide bonds. The lowest BCUT2D eigenvalue weighted by molar-refractivity contribution is -0.384. The van der Waals surface area contributed by atoms with Crippen molar-refractivity contribution in [3.05, 3.63) is 93.8 Å². The molecule has 1 N–H and O–H groups in total. The number of carbonyl (C=O) groups excluding carboxylic acids is 2. The number of aliphatic imine (C=N–C) groups is 1. The normalized spacial score (nSPS) is 16.5. The van der Waals surface area contributed by atoms with Crippen LogP contribution in [0.2, 0.25) is 0 Å². The Morgan fingerprint density at radius 3 is 2.74 bits per heavy atom. The Morgan fingerprint density at radius 1 is 1.17 bits per heavy atom. The number of anilines is 1. The Bertz CT molecular complexity index is 1310. The van der Waals surface area contributed by atoms with Crippen LogP contribution in [0.1, 0.15) is 23.2 Å². The van der Waals surface area contributed by atoms with Gasteiger partial charge in [0.2, 0.25) is 11.8 Å². The molecule has 4 rings (SSSR count). The molecule has 1 fully saturated rings. The molecule has 1 atom stereocenters. The highest BCUT2D eigenvalue weighted by atomic mass is 32.2. The van der Waals surface area contributed by atoms with Gasteiger partial charge in [0.1, 0.15) is 5.25 Å². The number of pyridine rings is 1. The number of aromatic nitrogens is 1. The van der Waals surface area contributed by atoms with Gasteiger partial charge in [0.05, 0.1) is 22.8 Å². The summed E-state index contributed by atoms with van der Waals surface area (Å²) in [5.41, 5.74) is 3.66. The minimum absolute atomic E-state index is 0.100. The number of amidine groups is 1. The summed E-state index contributed by atoms with van der Waals surface area (Å²) >= 11 is 1.23. The van der Waals surface area contributed by atoms with Crippen LogP contribution in [-0.2, 0) is 16.1 Å². The zero-order valence-electron chi connectivity index (χ0n) is 19.2. The number of carbonyl (C=O) groups is 2. The van der Waals surface area contributed by atoms with Gasteiger partial charge < -0.3 is 5.32 Å². The molecule has 1 aliphatic rings. The van der Waals surface area contributed by atoms with E-state index >= 15 is 0 Å². The van der Waals surface area contributed by atoms with Gasteiger partial charge in [0.25, 0.3) is 5.69 Å². The lowest BCUT2D eigenvalue weighted by atomic mass is 10.1. The van der Waals surface area contributed by atoms with E-state index in [0.717, 1.165) is 16.8 Å². The first-order chi connectivity index (χ1) is 16.8. The van der Waals surface area contributed by atoms with E-state index in [2.05, 4.69) is 10.3 Å². The molecule has 2 heterocycles. The minimum Gasteiger partial charge on any atom is -0.326 e. The molecule has 1 saturated heterocycles. The Hall–Kier alpha value is -4.05. The van der Waals surface area contributed by atoms with Crippen LogP contribution in [0, 0.1) is 24.0 Å². The maximum Gasteiger partial charge on any atom is 0.271 e. The van der Waals surface area contributed by atoms with E-state index < -0.39 is 16.1 Å². The highest BCUT2D eigenvalue weighted by molar-refractivity contribution is 8.15. The fraction of sp³-hybridized carbons (Fsp3) is 0.200. The predicted molar refractivity (Wildman–Crippen MR) is 136 cm³/mol. The van der Waals surface area contributed by atoms with Crippen LogP contribution in [0.4, 0.5) is 17.1 Å². The van der Waals surface area contributed by atoms with Crippen molar-refractivity contribution in [1.29, 1.82) is 0 Å². The van der Waals surface area contributed by atoms with Gasteiger partial charge >= 0.3 is 0 Å². The first kappa shape index (κ1) is 24.1. The molecule has 0 aliphatic carbocycles. The number of hydrogen-bond acceptors (Lipinski definition) is 7. The third-order valence-corrected chi connectivity index (χ3v) is 6.53. The summed E-state index contributed by atoms with van der Waals surface area (Å²) in [4.78, 5) is 47.1. The summed E-state index contributed by atoms with van der Waals surface area (Å²) in [6, 6.07) is 17.1. The SMILES string of the molecule is Cc1ccc(C)c(N=C2SC(CC(=O)Nc3cccc([N+](=O)[O-])c3)C(=O)N2Cc2ccccn2)c1. The van der Waals surface area contributed by atoms with Crippen molar-refractivity contribution in [2.75, 3.05) is 5.32 Å². The Balaban J connectivity index is 1.56. The van der Waals surface area contributed by atoms with Crippen LogP contribution < -0.4 is 5.32 Å². The molecule has 0 radical (unpaired) electrons. The molecule has 178 valence electrons. The molecule has 0 spiro atoms. The molecule has 1 unspecified atom stereocenters. The zero-order valence-corrected chi connectivity index (χ0v) is 20.0. The third kappa shape index (κ3) is 5.90. The van der Waals surface area contributed by atoms with Crippen molar-refractivity contribution in [2.45, 2.75) is 32.1 Å². The summed E-state index contributed by atoms with van der Waals surface area (Å²) in [5.74, 6) is -0.652. The van der Waals surface area contributed by atoms with Gasteiger partial charge in [-0.1, -0.05) is 36.0 Å². The van der Waals surface area contributed by atoms with Crippen LogP contribution >= 0.6 is 11.8 Å². The average molecular weight is 490 g/mol. The van der Waals surface area contributed by atoms with Crippen LogP contribution in [0.25, 0.3) is 0 Å². The molecule has 0 bridgehead atoms. The molecule has 1 aromatic heterocycles. The second kappa shape index (κ2) is 10.5. The van der Waals surface area contributed by atoms with Crippen LogP contribution in [0.5, 0.6) is 0 Å². The molecular formula is C25H23N5O4S. The maximum atomic E-state index is 13.3. The number of nitrogens with one attached hydrogen (secondary N) is 1. The van der Waals surface area contributed by atoms with E-state index in [-0.39, 0.29) is 24.6 Å². The average Bonchev–Trinajstić information content (AvgIpc) is 3.11. The van der Waals surface area contributed by atoms with E-state index in [9.17, 15) is 19.7 Å². The molecular weight excluding hydrogens is 466 g/mol. The fourth-order valence-corrected chi connectivity index (χ4v) is 4.69. The van der Waals surface area contributed by atoms with Gasteiger partial charge in [0.15, 0.2) is 5.17 Å². The molecule has 0 saturated carbocycles. The van der Waals surface area contributed by atoms with E-state index in [4.69, 9.17) is 4.99 Å². The van der Waals surface area contributed by atoms with Crippen LogP contribution in [0.3, 0.4) is 0 Å². The van der Waals surface area contributed by atoms with Gasteiger partial charge in [-0.3, -0.25) is 29.6 Å². The molecule has 1 aliphatic heterocycles. The van der Waals surface area contributed by atoms with E-state index in [1.807, 2.05) is 44.2 Å². The van der Waals surface area contributed by atoms with E-state index in [1.165, 1.54) is 30.0 Å². The highest BCUT2D eigenvalue weighted by Crippen LogP contribution is 2.34. The van der Waals surface area contributed by atoms with Gasteiger partial charge in [-0.2, -0.15) is 0 Å². The number of non-ortho nitro benzene ring substituents is 1. The fourth-order valence-electron chi connectivity index (χ4n) is 3.54. The zero-order chi connectivity index (χ0) is 24.9. The van der Waals surface area contributed by atoms with Gasteiger partial charge in [-0.25, -0.2) is 4.99 Å². The number of nitro benzene ring substituents is 1. The standard InChI is InChI=1S/C25H23N5O4S/c1-16-9-10-17(2)21(12-16)28-25-29(15-19-6-3-4-11-26-19)24(32)22(35-25)14-23(31)27-18-7-5-8-20(13-18)30(33)34/h3-13,22H,14-15H2,1-2H3,(H,27,31). The molecule has 35 heavy (non-hydrogen) atoms. The van der Waals surface area contributed by atoms with E-state index in [1.54, 1.807) is 23.2 Å². The minimum atomic E-state index is -0.679. The van der Waals surface area contributed by atoms with E-state index in [0.29, 0.717) is 16.5 Å². The van der Waals surface area contributed by atoms with Crippen LogP contribution in [-0.4, -0.2) is 37.0 Å². The number of nitrogens with zero attached hydrogens (tertiary/aromatic N) is 4. The monoisotopic (exact) mass is 489 g/mol. The smallest absolute Gasteiger partial charge is 0.271 e. The Kier molecular flexibility index (Phi) is 7.21. The molecule has 2 aromatic carbocycles. The van der Waals surface area contributed by atoms with Crippen molar-refractivity contribution in [1.82, 2.24) is 9.88 Å². The lowest BCUT2D eigenvalue weighted by Gasteiger charge is -2.16. The first-order valence-electron chi connectivity index (χ1n) is 10.9. The van der Waals surface area contributed by atoms with Crippen molar-refractivity contribution in [3.63, 3.8) is 0 Å². The molecule has 9 nitrogen and oxygen atoms in total. The molecule has 3 aromatic rings. The second-order valence-electron chi connectivity index (χ2n) is 8.10. The summed E-state index contributed by atoms with van der Waals surface area (Å²) in [6.45, 7) is 4.16. The topological polar surface area (TPSA) is 118 Å².